The molecule has 2 N–H and O–H groups in total. The molecule has 0 aliphatic rings. The van der Waals surface area contributed by atoms with Gasteiger partial charge in [-0.1, -0.05) is 58.2 Å². The van der Waals surface area contributed by atoms with Gasteiger partial charge >= 0.3 is 0 Å². The molecule has 0 spiro atoms. The SMILES string of the molecule is CC(C)=CCC/C(C)=C/CC/C(C)=C/CCC(O)C(C)(O)CC/C=C(\C)CCC=C(C)C. The largest absolute Gasteiger partial charge is 0.390 e. The smallest absolute Gasteiger partial charge is 0.0880 e. The summed E-state index contributed by atoms with van der Waals surface area (Å²) in [7, 11) is 0. The third-order valence-electron chi connectivity index (χ3n) is 6.01. The van der Waals surface area contributed by atoms with Crippen LogP contribution in [0.25, 0.3) is 0 Å². The second kappa shape index (κ2) is 17.1. The fraction of sp³-hybridized carbons (Fsp3) is 0.667. The molecule has 2 unspecified atom stereocenters. The molecule has 0 aromatic rings. The maximum atomic E-state index is 10.7. The standard InChI is InChI=1S/C30H52O2/c1-24(2)14-9-16-26(5)18-11-19-27(6)20-12-22-29(31)30(8,32)23-13-21-28(7)17-10-15-25(3)4/h14-15,18,20-21,29,31-32H,9-13,16-17,19,22-23H2,1-8H3/b26-18+,27-20+,28-21+. The van der Waals surface area contributed by atoms with Gasteiger partial charge < -0.3 is 10.2 Å². The summed E-state index contributed by atoms with van der Waals surface area (Å²) < 4.78 is 0. The van der Waals surface area contributed by atoms with E-state index in [0.29, 0.717) is 12.8 Å². The summed E-state index contributed by atoms with van der Waals surface area (Å²) in [5.74, 6) is 0. The van der Waals surface area contributed by atoms with Crippen LogP contribution in [0.15, 0.2) is 58.2 Å². The van der Waals surface area contributed by atoms with Crippen LogP contribution in [0.2, 0.25) is 0 Å². The molecule has 32 heavy (non-hydrogen) atoms. The van der Waals surface area contributed by atoms with Gasteiger partial charge in [0.05, 0.1) is 11.7 Å². The zero-order valence-corrected chi connectivity index (χ0v) is 22.4. The zero-order valence-electron chi connectivity index (χ0n) is 22.4. The Hall–Kier alpha value is -1.38. The van der Waals surface area contributed by atoms with Gasteiger partial charge in [0.2, 0.25) is 0 Å². The summed E-state index contributed by atoms with van der Waals surface area (Å²) >= 11 is 0. The molecule has 0 aromatic carbocycles. The molecule has 0 bridgehead atoms. The predicted octanol–water partition coefficient (Wildman–Crippen LogP) is 8.77. The molecule has 2 nitrogen and oxygen atoms in total. The Kier molecular flexibility index (Phi) is 16.4. The first kappa shape index (κ1) is 30.6. The summed E-state index contributed by atoms with van der Waals surface area (Å²) in [5.41, 5.74) is 5.88. The minimum absolute atomic E-state index is 0.591. The summed E-state index contributed by atoms with van der Waals surface area (Å²) in [6.45, 7) is 16.9. The van der Waals surface area contributed by atoms with Crippen LogP contribution in [0.1, 0.15) is 120 Å². The molecule has 0 amide bonds. The third-order valence-corrected chi connectivity index (χ3v) is 6.01. The molecule has 184 valence electrons. The maximum Gasteiger partial charge on any atom is 0.0880 e. The number of aliphatic hydroxyl groups excluding tert-OH is 1. The Morgan fingerprint density at radius 2 is 1.00 bits per heavy atom. The van der Waals surface area contributed by atoms with Crippen molar-refractivity contribution >= 4 is 0 Å². The van der Waals surface area contributed by atoms with Crippen LogP contribution in [0, 0.1) is 0 Å². The highest BCUT2D eigenvalue weighted by atomic mass is 16.3. The molecule has 2 atom stereocenters. The van der Waals surface area contributed by atoms with E-state index in [4.69, 9.17) is 0 Å². The van der Waals surface area contributed by atoms with Crippen molar-refractivity contribution in [3.05, 3.63) is 58.2 Å². The monoisotopic (exact) mass is 444 g/mol. The van der Waals surface area contributed by atoms with E-state index in [9.17, 15) is 10.2 Å². The van der Waals surface area contributed by atoms with E-state index < -0.39 is 11.7 Å². The molecule has 0 aromatic heterocycles. The quantitative estimate of drug-likeness (QED) is 0.233. The Balaban J connectivity index is 4.29. The molecule has 0 aliphatic carbocycles. The van der Waals surface area contributed by atoms with Crippen molar-refractivity contribution < 1.29 is 10.2 Å². The van der Waals surface area contributed by atoms with E-state index >= 15 is 0 Å². The van der Waals surface area contributed by atoms with Crippen molar-refractivity contribution in [2.45, 2.75) is 131 Å². The van der Waals surface area contributed by atoms with Gasteiger partial charge in [-0.25, -0.2) is 0 Å². The highest BCUT2D eigenvalue weighted by Gasteiger charge is 2.28. The number of aliphatic hydroxyl groups is 2. The fourth-order valence-electron chi connectivity index (χ4n) is 3.61. The second-order valence-corrected chi connectivity index (χ2v) is 10.3. The molecule has 0 radical (unpaired) electrons. The molecule has 0 saturated carbocycles. The van der Waals surface area contributed by atoms with Gasteiger partial charge in [-0.05, 0) is 120 Å². The number of rotatable bonds is 16. The lowest BCUT2D eigenvalue weighted by atomic mass is 9.89. The normalized spacial score (nSPS) is 15.9. The first-order chi connectivity index (χ1) is 14.9. The van der Waals surface area contributed by atoms with Gasteiger partial charge in [0, 0.05) is 0 Å². The van der Waals surface area contributed by atoms with Crippen LogP contribution in [-0.4, -0.2) is 21.9 Å². The van der Waals surface area contributed by atoms with E-state index in [1.54, 1.807) is 6.92 Å². The number of hydrogen-bond acceptors (Lipinski definition) is 2. The van der Waals surface area contributed by atoms with Crippen molar-refractivity contribution in [3.8, 4) is 0 Å². The van der Waals surface area contributed by atoms with Crippen LogP contribution < -0.4 is 0 Å². The van der Waals surface area contributed by atoms with E-state index in [1.807, 2.05) is 0 Å². The summed E-state index contributed by atoms with van der Waals surface area (Å²) in [6.07, 6.45) is 20.0. The Bertz CT molecular complexity index is 663. The Labute approximate surface area is 199 Å². The van der Waals surface area contributed by atoms with E-state index in [-0.39, 0.29) is 0 Å². The minimum atomic E-state index is -1.04. The van der Waals surface area contributed by atoms with Gasteiger partial charge in [0.25, 0.3) is 0 Å². The summed E-state index contributed by atoms with van der Waals surface area (Å²) in [5, 5.41) is 21.2. The van der Waals surface area contributed by atoms with Crippen molar-refractivity contribution in [1.82, 2.24) is 0 Å². The van der Waals surface area contributed by atoms with Crippen molar-refractivity contribution in [3.63, 3.8) is 0 Å². The first-order valence-electron chi connectivity index (χ1n) is 12.6. The summed E-state index contributed by atoms with van der Waals surface area (Å²) in [4.78, 5) is 0. The van der Waals surface area contributed by atoms with Crippen molar-refractivity contribution in [1.29, 1.82) is 0 Å². The molecule has 0 saturated heterocycles. The lowest BCUT2D eigenvalue weighted by molar-refractivity contribution is -0.0689. The van der Waals surface area contributed by atoms with Crippen LogP contribution >= 0.6 is 0 Å². The number of hydrogen-bond donors (Lipinski definition) is 2. The maximum absolute atomic E-state index is 10.7. The van der Waals surface area contributed by atoms with Gasteiger partial charge in [-0.3, -0.25) is 0 Å². The average Bonchev–Trinajstić information content (AvgIpc) is 2.67. The van der Waals surface area contributed by atoms with Crippen LogP contribution in [0.3, 0.4) is 0 Å². The van der Waals surface area contributed by atoms with Gasteiger partial charge in [0.1, 0.15) is 0 Å². The average molecular weight is 445 g/mol. The lowest BCUT2D eigenvalue weighted by Gasteiger charge is -2.28. The fourth-order valence-corrected chi connectivity index (χ4v) is 3.61. The molecule has 0 aliphatic heterocycles. The minimum Gasteiger partial charge on any atom is -0.390 e. The molecule has 0 fully saturated rings. The highest BCUT2D eigenvalue weighted by molar-refractivity contribution is 5.06. The van der Waals surface area contributed by atoms with Crippen LogP contribution in [0.4, 0.5) is 0 Å². The van der Waals surface area contributed by atoms with E-state index in [1.165, 1.54) is 27.9 Å². The summed E-state index contributed by atoms with van der Waals surface area (Å²) in [6, 6.07) is 0. The Morgan fingerprint density at radius 3 is 1.44 bits per heavy atom. The molecule has 0 rings (SSSR count). The molecule has 2 heteroatoms. The van der Waals surface area contributed by atoms with Gasteiger partial charge in [-0.15, -0.1) is 0 Å². The predicted molar refractivity (Wildman–Crippen MR) is 143 cm³/mol. The molecular formula is C30H52O2. The molecular weight excluding hydrogens is 392 g/mol. The molecule has 0 heterocycles. The van der Waals surface area contributed by atoms with Gasteiger partial charge in [-0.2, -0.15) is 0 Å². The van der Waals surface area contributed by atoms with E-state index in [0.717, 1.165) is 51.4 Å². The van der Waals surface area contributed by atoms with E-state index in [2.05, 4.69) is 78.8 Å². The van der Waals surface area contributed by atoms with Crippen molar-refractivity contribution in [2.75, 3.05) is 0 Å². The first-order valence-corrected chi connectivity index (χ1v) is 12.6. The zero-order chi connectivity index (χ0) is 24.6. The topological polar surface area (TPSA) is 40.5 Å². The van der Waals surface area contributed by atoms with Gasteiger partial charge in [0.15, 0.2) is 0 Å². The van der Waals surface area contributed by atoms with Crippen LogP contribution in [0.5, 0.6) is 0 Å². The third kappa shape index (κ3) is 17.2. The second-order valence-electron chi connectivity index (χ2n) is 10.3. The Morgan fingerprint density at radius 1 is 0.625 bits per heavy atom. The van der Waals surface area contributed by atoms with Crippen LogP contribution in [-0.2, 0) is 0 Å². The number of allylic oxidation sites excluding steroid dienone is 10. The highest BCUT2D eigenvalue weighted by Crippen LogP contribution is 2.22. The van der Waals surface area contributed by atoms with Crippen molar-refractivity contribution in [2.24, 2.45) is 0 Å². The lowest BCUT2D eigenvalue weighted by Crippen LogP contribution is -2.39.